The lowest BCUT2D eigenvalue weighted by Crippen LogP contribution is -2.39. The number of hydrogen-bond donors (Lipinski definition) is 1. The Kier molecular flexibility index (Phi) is 5.01. The molecule has 0 unspecified atom stereocenters. The second-order valence-corrected chi connectivity index (χ2v) is 7.36. The van der Waals surface area contributed by atoms with Gasteiger partial charge >= 0.3 is 0 Å². The molecule has 0 heterocycles. The largest absolute Gasteiger partial charge is 0.377 e. The molecule has 0 aromatic heterocycles. The number of sulfone groups is 1. The first-order valence-corrected chi connectivity index (χ1v) is 8.16. The van der Waals surface area contributed by atoms with Gasteiger partial charge in [-0.2, -0.15) is 0 Å². The molecule has 110 valence electrons. The summed E-state index contributed by atoms with van der Waals surface area (Å²) in [6.07, 6.45) is 0. The van der Waals surface area contributed by atoms with Crippen molar-refractivity contribution in [3.05, 3.63) is 29.8 Å². The second-order valence-electron chi connectivity index (χ2n) is 5.68. The molecular weight excluding hydrogens is 272 g/mol. The van der Waals surface area contributed by atoms with Crippen molar-refractivity contribution in [3.8, 4) is 11.2 Å². The zero-order valence-corrected chi connectivity index (χ0v) is 13.5. The molecule has 1 N–H and O–H groups in total. The summed E-state index contributed by atoms with van der Waals surface area (Å²) in [5, 5.41) is 12.8. The van der Waals surface area contributed by atoms with Crippen LogP contribution in [0.2, 0.25) is 0 Å². The lowest BCUT2D eigenvalue weighted by Gasteiger charge is -2.30. The first-order chi connectivity index (χ1) is 9.09. The number of hydrogen-bond acceptors (Lipinski definition) is 3. The van der Waals surface area contributed by atoms with Crippen molar-refractivity contribution in [2.45, 2.75) is 45.1 Å². The van der Waals surface area contributed by atoms with Crippen molar-refractivity contribution >= 4 is 9.84 Å². The maximum atomic E-state index is 12.2. The quantitative estimate of drug-likeness (QED) is 0.689. The molecule has 0 aliphatic heterocycles. The van der Waals surface area contributed by atoms with E-state index in [1.165, 1.54) is 12.1 Å². The average molecular weight is 294 g/mol. The van der Waals surface area contributed by atoms with E-state index in [0.29, 0.717) is 0 Å². The lowest BCUT2D eigenvalue weighted by molar-refractivity contribution is 0.00938. The van der Waals surface area contributed by atoms with Gasteiger partial charge in [0.05, 0.1) is 4.90 Å². The summed E-state index contributed by atoms with van der Waals surface area (Å²) in [5.74, 6) is 2.27. The van der Waals surface area contributed by atoms with Crippen LogP contribution in [0.25, 0.3) is 0 Å². The Hall–Kier alpha value is -1.31. The van der Waals surface area contributed by atoms with Crippen molar-refractivity contribution in [1.82, 2.24) is 0 Å². The van der Waals surface area contributed by atoms with E-state index in [1.807, 2.05) is 34.6 Å². The predicted molar refractivity (Wildman–Crippen MR) is 80.8 cm³/mol. The van der Waals surface area contributed by atoms with Crippen molar-refractivity contribution < 1.29 is 13.5 Å². The predicted octanol–water partition coefficient (Wildman–Crippen LogP) is 2.77. The molecule has 4 heteroatoms. The molecule has 0 fully saturated rings. The molecule has 20 heavy (non-hydrogen) atoms. The van der Waals surface area contributed by atoms with Crippen molar-refractivity contribution in [3.63, 3.8) is 0 Å². The summed E-state index contributed by atoms with van der Waals surface area (Å²) in [5.41, 5.74) is -0.324. The number of benzene rings is 1. The van der Waals surface area contributed by atoms with Gasteiger partial charge in [-0.3, -0.25) is 0 Å². The van der Waals surface area contributed by atoms with Gasteiger partial charge in [0, 0.05) is 5.25 Å². The van der Waals surface area contributed by atoms with E-state index in [4.69, 9.17) is 0 Å². The van der Waals surface area contributed by atoms with E-state index in [2.05, 4.69) is 11.2 Å². The van der Waals surface area contributed by atoms with Crippen LogP contribution in [0.15, 0.2) is 29.2 Å². The fraction of sp³-hybridized carbons (Fsp3) is 0.500. The van der Waals surface area contributed by atoms with Crippen molar-refractivity contribution in [2.75, 3.05) is 0 Å². The summed E-state index contributed by atoms with van der Waals surface area (Å²) in [7, 11) is -3.70. The minimum atomic E-state index is -3.70. The number of rotatable bonds is 3. The fourth-order valence-corrected chi connectivity index (χ4v) is 2.79. The zero-order valence-electron chi connectivity index (χ0n) is 12.6. The first kappa shape index (κ1) is 16.7. The summed E-state index contributed by atoms with van der Waals surface area (Å²) in [6.45, 7) is 9.19. The van der Waals surface area contributed by atoms with Crippen LogP contribution in [0.1, 0.15) is 33.3 Å². The Labute approximate surface area is 121 Å². The van der Waals surface area contributed by atoms with Crippen LogP contribution >= 0.6 is 0 Å². The Morgan fingerprint density at radius 2 is 1.50 bits per heavy atom. The summed E-state index contributed by atoms with van der Waals surface area (Å²) in [4.78, 5) is 0.158. The van der Waals surface area contributed by atoms with E-state index >= 15 is 0 Å². The van der Waals surface area contributed by atoms with Crippen molar-refractivity contribution in [2.24, 2.45) is 11.8 Å². The molecule has 3 nitrogen and oxygen atoms in total. The Bertz CT molecular complexity index is 606. The van der Waals surface area contributed by atoms with Gasteiger partial charge < -0.3 is 5.11 Å². The van der Waals surface area contributed by atoms with E-state index in [-0.39, 0.29) is 16.7 Å². The van der Waals surface area contributed by atoms with Gasteiger partial charge in [-0.15, -0.1) is 0 Å². The van der Waals surface area contributed by atoms with E-state index in [9.17, 15) is 13.5 Å². The molecule has 0 radical (unpaired) electrons. The molecule has 0 aliphatic rings. The molecule has 0 saturated carbocycles. The van der Waals surface area contributed by atoms with Gasteiger partial charge in [-0.05, 0) is 30.9 Å². The van der Waals surface area contributed by atoms with Crippen LogP contribution in [0.3, 0.4) is 0 Å². The molecule has 1 rings (SSSR count). The van der Waals surface area contributed by atoms with E-state index < -0.39 is 15.4 Å². The van der Waals surface area contributed by atoms with Gasteiger partial charge in [0.25, 0.3) is 0 Å². The molecule has 0 amide bonds. The highest BCUT2D eigenvalue weighted by Crippen LogP contribution is 2.25. The van der Waals surface area contributed by atoms with Gasteiger partial charge in [0.15, 0.2) is 0 Å². The maximum absolute atomic E-state index is 12.2. The minimum Gasteiger partial charge on any atom is -0.377 e. The normalized spacial score (nSPS) is 12.4. The Morgan fingerprint density at radius 1 is 1.05 bits per heavy atom. The van der Waals surface area contributed by atoms with Crippen LogP contribution in [0.5, 0.6) is 0 Å². The van der Waals surface area contributed by atoms with Gasteiger partial charge in [0.2, 0.25) is 9.84 Å². The lowest BCUT2D eigenvalue weighted by atomic mass is 9.81. The average Bonchev–Trinajstić information content (AvgIpc) is 2.36. The number of aryl methyl sites for hydroxylation is 1. The highest BCUT2D eigenvalue weighted by atomic mass is 32.2. The number of aliphatic hydroxyl groups is 1. The van der Waals surface area contributed by atoms with Crippen LogP contribution < -0.4 is 0 Å². The molecular formula is C16H22O3S. The van der Waals surface area contributed by atoms with Gasteiger partial charge in [-0.1, -0.05) is 51.3 Å². The molecule has 0 saturated heterocycles. The van der Waals surface area contributed by atoms with Crippen LogP contribution in [0.4, 0.5) is 0 Å². The third-order valence-electron chi connectivity index (χ3n) is 3.48. The summed E-state index contributed by atoms with van der Waals surface area (Å²) < 4.78 is 24.3. The summed E-state index contributed by atoms with van der Waals surface area (Å²) >= 11 is 0. The molecule has 0 bridgehead atoms. The topological polar surface area (TPSA) is 54.4 Å². The highest BCUT2D eigenvalue weighted by Gasteiger charge is 2.33. The smallest absolute Gasteiger partial charge is 0.245 e. The summed E-state index contributed by atoms with van der Waals surface area (Å²) in [6, 6.07) is 6.52. The third kappa shape index (κ3) is 3.62. The first-order valence-electron chi connectivity index (χ1n) is 6.67. The Morgan fingerprint density at radius 3 is 1.90 bits per heavy atom. The van der Waals surface area contributed by atoms with Gasteiger partial charge in [0.1, 0.15) is 5.60 Å². The van der Waals surface area contributed by atoms with E-state index in [0.717, 1.165) is 5.56 Å². The molecule has 0 spiro atoms. The van der Waals surface area contributed by atoms with Gasteiger partial charge in [-0.25, -0.2) is 8.42 Å². The SMILES string of the molecule is Cc1ccc(S(=O)(=O)C#CC(O)(C(C)C)C(C)C)cc1. The molecule has 1 aromatic carbocycles. The molecule has 1 aromatic rings. The van der Waals surface area contributed by atoms with Crippen LogP contribution in [0, 0.1) is 29.9 Å². The van der Waals surface area contributed by atoms with Crippen LogP contribution in [-0.4, -0.2) is 19.1 Å². The maximum Gasteiger partial charge on any atom is 0.245 e. The third-order valence-corrected chi connectivity index (χ3v) is 4.74. The molecule has 0 atom stereocenters. The highest BCUT2D eigenvalue weighted by molar-refractivity contribution is 7.96. The second kappa shape index (κ2) is 5.99. The zero-order chi connectivity index (χ0) is 15.6. The standard InChI is InChI=1S/C16H22O3S/c1-12(2)16(17,13(3)4)10-11-20(18,19)15-8-6-14(5)7-9-15/h6-9,12-13,17H,1-5H3. The van der Waals surface area contributed by atoms with Crippen LogP contribution in [-0.2, 0) is 9.84 Å². The minimum absolute atomic E-state index is 0.150. The van der Waals surface area contributed by atoms with E-state index in [1.54, 1.807) is 12.1 Å². The Balaban J connectivity index is 3.21. The van der Waals surface area contributed by atoms with Crippen molar-refractivity contribution in [1.29, 1.82) is 0 Å². The monoisotopic (exact) mass is 294 g/mol. The fourth-order valence-electron chi connectivity index (χ4n) is 1.88. The molecule has 0 aliphatic carbocycles.